The van der Waals surface area contributed by atoms with Gasteiger partial charge in [0.25, 0.3) is 0 Å². The van der Waals surface area contributed by atoms with E-state index in [1.807, 2.05) is 6.92 Å². The summed E-state index contributed by atoms with van der Waals surface area (Å²) in [4.78, 5) is 12.0. The minimum absolute atomic E-state index is 0.0493. The van der Waals surface area contributed by atoms with E-state index in [0.29, 0.717) is 0 Å². The van der Waals surface area contributed by atoms with E-state index in [9.17, 15) is 0 Å². The highest BCUT2D eigenvalue weighted by Crippen LogP contribution is 2.48. The van der Waals surface area contributed by atoms with Crippen LogP contribution in [0.25, 0.3) is 11.0 Å². The van der Waals surface area contributed by atoms with Crippen LogP contribution in [0.5, 0.6) is 0 Å². The number of fused-ring (bicyclic) bond motifs is 1. The molecule has 0 aliphatic heterocycles. The first-order chi connectivity index (χ1) is 9.77. The van der Waals surface area contributed by atoms with E-state index >= 15 is 0 Å². The van der Waals surface area contributed by atoms with Gasteiger partial charge in [0.1, 0.15) is 17.8 Å². The van der Waals surface area contributed by atoms with Crippen molar-refractivity contribution in [1.29, 1.82) is 0 Å². The van der Waals surface area contributed by atoms with Crippen molar-refractivity contribution in [3.63, 3.8) is 0 Å². The number of hydrogen-bond acceptors (Lipinski definition) is 3. The van der Waals surface area contributed by atoms with Crippen LogP contribution in [0, 0.1) is 6.92 Å². The van der Waals surface area contributed by atoms with Crippen molar-refractivity contribution in [3.8, 4) is 0 Å². The van der Waals surface area contributed by atoms with Gasteiger partial charge < -0.3 is 10.3 Å². The fourth-order valence-electron chi connectivity index (χ4n) is 2.77. The van der Waals surface area contributed by atoms with E-state index in [-0.39, 0.29) is 5.54 Å². The van der Waals surface area contributed by atoms with Crippen LogP contribution in [0.1, 0.15) is 24.1 Å². The molecule has 3 aromatic rings. The molecule has 1 aliphatic rings. The molecule has 0 amide bonds. The molecular formula is C16H16N4. The van der Waals surface area contributed by atoms with E-state index in [1.165, 1.54) is 5.56 Å². The second-order valence-corrected chi connectivity index (χ2v) is 5.51. The van der Waals surface area contributed by atoms with Gasteiger partial charge in [-0.25, -0.2) is 9.97 Å². The summed E-state index contributed by atoms with van der Waals surface area (Å²) < 4.78 is 0. The minimum Gasteiger partial charge on any atom is -0.360 e. The van der Waals surface area contributed by atoms with Crippen LogP contribution in [0.3, 0.4) is 0 Å². The van der Waals surface area contributed by atoms with Crippen molar-refractivity contribution in [1.82, 2.24) is 15.0 Å². The van der Waals surface area contributed by atoms with E-state index in [0.717, 1.165) is 35.4 Å². The Labute approximate surface area is 117 Å². The van der Waals surface area contributed by atoms with Crippen LogP contribution in [0.4, 0.5) is 5.82 Å². The zero-order chi connectivity index (χ0) is 13.6. The fraction of sp³-hybridized carbons (Fsp3) is 0.250. The Morgan fingerprint density at radius 2 is 1.95 bits per heavy atom. The summed E-state index contributed by atoms with van der Waals surface area (Å²) in [5.74, 6) is 0.917. The monoisotopic (exact) mass is 264 g/mol. The van der Waals surface area contributed by atoms with Gasteiger partial charge in [-0.1, -0.05) is 30.3 Å². The number of aromatic nitrogens is 3. The molecule has 100 valence electrons. The Bertz CT molecular complexity index is 757. The average molecular weight is 264 g/mol. The second-order valence-electron chi connectivity index (χ2n) is 5.51. The summed E-state index contributed by atoms with van der Waals surface area (Å²) in [6.45, 7) is 2.04. The Kier molecular flexibility index (Phi) is 2.33. The summed E-state index contributed by atoms with van der Waals surface area (Å²) in [5, 5.41) is 4.69. The van der Waals surface area contributed by atoms with Crippen LogP contribution in [-0.2, 0) is 5.54 Å². The molecule has 0 spiro atoms. The van der Waals surface area contributed by atoms with E-state index in [1.54, 1.807) is 6.33 Å². The maximum Gasteiger partial charge on any atom is 0.143 e. The maximum atomic E-state index is 4.43. The number of anilines is 1. The maximum absolute atomic E-state index is 4.43. The third-order valence-electron chi connectivity index (χ3n) is 3.99. The number of hydrogen-bond donors (Lipinski definition) is 2. The van der Waals surface area contributed by atoms with Crippen molar-refractivity contribution in [3.05, 3.63) is 54.0 Å². The molecule has 0 saturated heterocycles. The number of rotatable bonds is 3. The van der Waals surface area contributed by atoms with Crippen molar-refractivity contribution < 1.29 is 0 Å². The average Bonchev–Trinajstić information content (AvgIpc) is 3.14. The number of benzene rings is 1. The van der Waals surface area contributed by atoms with Gasteiger partial charge in [-0.15, -0.1) is 0 Å². The predicted molar refractivity (Wildman–Crippen MR) is 79.6 cm³/mol. The number of nitrogens with one attached hydrogen (secondary N) is 2. The van der Waals surface area contributed by atoms with Gasteiger partial charge in [0.15, 0.2) is 0 Å². The molecule has 20 heavy (non-hydrogen) atoms. The number of aryl methyl sites for hydroxylation is 1. The molecule has 2 heterocycles. The van der Waals surface area contributed by atoms with Gasteiger partial charge in [-0.2, -0.15) is 0 Å². The summed E-state index contributed by atoms with van der Waals surface area (Å²) in [6, 6.07) is 12.7. The van der Waals surface area contributed by atoms with Crippen molar-refractivity contribution in [2.24, 2.45) is 0 Å². The number of H-pyrrole nitrogens is 1. The van der Waals surface area contributed by atoms with Gasteiger partial charge in [-0.3, -0.25) is 0 Å². The molecule has 1 saturated carbocycles. The Morgan fingerprint density at radius 1 is 1.15 bits per heavy atom. The van der Waals surface area contributed by atoms with Crippen LogP contribution < -0.4 is 5.32 Å². The lowest BCUT2D eigenvalue weighted by atomic mass is 10.1. The highest BCUT2D eigenvalue weighted by molar-refractivity contribution is 5.88. The molecule has 0 unspecified atom stereocenters. The van der Waals surface area contributed by atoms with Gasteiger partial charge in [0, 0.05) is 5.69 Å². The van der Waals surface area contributed by atoms with E-state index in [2.05, 4.69) is 56.7 Å². The number of nitrogens with zero attached hydrogens (tertiary/aromatic N) is 2. The summed E-state index contributed by atoms with van der Waals surface area (Å²) in [5.41, 5.74) is 3.38. The van der Waals surface area contributed by atoms with Crippen LogP contribution in [0.2, 0.25) is 0 Å². The molecule has 2 N–H and O–H groups in total. The highest BCUT2D eigenvalue weighted by Gasteiger charge is 2.44. The van der Waals surface area contributed by atoms with Crippen molar-refractivity contribution >= 4 is 16.9 Å². The molecule has 0 radical (unpaired) electrons. The quantitative estimate of drug-likeness (QED) is 0.762. The van der Waals surface area contributed by atoms with Crippen molar-refractivity contribution in [2.75, 3.05) is 5.32 Å². The van der Waals surface area contributed by atoms with Gasteiger partial charge in [0.2, 0.25) is 0 Å². The zero-order valence-electron chi connectivity index (χ0n) is 11.4. The molecule has 0 atom stereocenters. The molecule has 1 aliphatic carbocycles. The smallest absolute Gasteiger partial charge is 0.143 e. The van der Waals surface area contributed by atoms with Crippen LogP contribution in [0.15, 0.2) is 42.7 Å². The molecule has 4 heteroatoms. The van der Waals surface area contributed by atoms with Gasteiger partial charge >= 0.3 is 0 Å². The molecule has 2 aromatic heterocycles. The van der Waals surface area contributed by atoms with E-state index < -0.39 is 0 Å². The summed E-state index contributed by atoms with van der Waals surface area (Å²) >= 11 is 0. The zero-order valence-corrected chi connectivity index (χ0v) is 11.4. The molecule has 1 aromatic carbocycles. The Hall–Kier alpha value is -2.36. The third-order valence-corrected chi connectivity index (χ3v) is 3.99. The molecular weight excluding hydrogens is 248 g/mol. The lowest BCUT2D eigenvalue weighted by molar-refractivity contribution is 0.802. The van der Waals surface area contributed by atoms with Crippen LogP contribution in [-0.4, -0.2) is 15.0 Å². The lowest BCUT2D eigenvalue weighted by Crippen LogP contribution is -2.19. The Morgan fingerprint density at radius 3 is 2.70 bits per heavy atom. The molecule has 4 nitrogen and oxygen atoms in total. The van der Waals surface area contributed by atoms with E-state index in [4.69, 9.17) is 0 Å². The largest absolute Gasteiger partial charge is 0.360 e. The topological polar surface area (TPSA) is 53.6 Å². The second kappa shape index (κ2) is 4.07. The first-order valence-electron chi connectivity index (χ1n) is 6.91. The Balaban J connectivity index is 1.75. The first kappa shape index (κ1) is 11.5. The molecule has 1 fully saturated rings. The molecule has 0 bridgehead atoms. The fourth-order valence-corrected chi connectivity index (χ4v) is 2.77. The molecule has 4 rings (SSSR count). The van der Waals surface area contributed by atoms with Crippen molar-refractivity contribution in [2.45, 2.75) is 25.3 Å². The first-order valence-corrected chi connectivity index (χ1v) is 6.91. The van der Waals surface area contributed by atoms with Gasteiger partial charge in [-0.05, 0) is 31.4 Å². The van der Waals surface area contributed by atoms with Gasteiger partial charge in [0.05, 0.1) is 10.9 Å². The predicted octanol–water partition coefficient (Wildman–Crippen LogP) is 3.37. The highest BCUT2D eigenvalue weighted by atomic mass is 15.1. The SMILES string of the molecule is Cc1cc2c(NC3(c4ccccc4)CC3)ncnc2[nH]1. The lowest BCUT2D eigenvalue weighted by Gasteiger charge is -2.18. The van der Waals surface area contributed by atoms with Crippen LogP contribution >= 0.6 is 0 Å². The summed E-state index contributed by atoms with van der Waals surface area (Å²) in [7, 11) is 0. The summed E-state index contributed by atoms with van der Waals surface area (Å²) in [6.07, 6.45) is 3.90. The number of aromatic amines is 1. The standard InChI is InChI=1S/C16H16N4/c1-11-9-13-14(19-11)17-10-18-15(13)20-16(7-8-16)12-5-3-2-4-6-12/h2-6,9-10H,7-8H2,1H3,(H2,17,18,19,20). The third kappa shape index (κ3) is 1.76. The normalized spacial score (nSPS) is 16.2. The minimum atomic E-state index is 0.0493.